The normalized spacial score (nSPS) is 43.9. The van der Waals surface area contributed by atoms with Crippen LogP contribution in [0.5, 0.6) is 0 Å². The molecule has 1 heterocycles. The zero-order valence-corrected chi connectivity index (χ0v) is 7.44. The van der Waals surface area contributed by atoms with Crippen molar-refractivity contribution in [1.29, 1.82) is 0 Å². The molecule has 2 unspecified atom stereocenters. The third-order valence-electron chi connectivity index (χ3n) is 3.40. The minimum absolute atomic E-state index is 0.380. The van der Waals surface area contributed by atoms with Crippen molar-refractivity contribution in [2.45, 2.75) is 51.0 Å². The molecule has 2 fully saturated rings. The quantitative estimate of drug-likeness (QED) is 0.529. The number of hydrogen-bond donors (Lipinski definition) is 0. The summed E-state index contributed by atoms with van der Waals surface area (Å²) in [6.45, 7) is 3.37. The van der Waals surface area contributed by atoms with Crippen LogP contribution in [-0.2, 0) is 4.74 Å². The van der Waals surface area contributed by atoms with E-state index in [4.69, 9.17) is 4.74 Å². The molecule has 0 N–H and O–H groups in total. The van der Waals surface area contributed by atoms with Gasteiger partial charge in [-0.1, -0.05) is 32.6 Å². The lowest BCUT2D eigenvalue weighted by Crippen LogP contribution is -2.22. The molecular formula is C10H18O. The molecule has 11 heavy (non-hydrogen) atoms. The van der Waals surface area contributed by atoms with Gasteiger partial charge in [-0.15, -0.1) is 0 Å². The summed E-state index contributed by atoms with van der Waals surface area (Å²) >= 11 is 0. The highest BCUT2D eigenvalue weighted by atomic mass is 16.6. The van der Waals surface area contributed by atoms with Crippen molar-refractivity contribution in [3.63, 3.8) is 0 Å². The molecule has 0 aromatic carbocycles. The summed E-state index contributed by atoms with van der Waals surface area (Å²) < 4.78 is 5.62. The smallest absolute Gasteiger partial charge is 0.0944 e. The average molecular weight is 154 g/mol. The molecule has 1 aliphatic heterocycles. The summed E-state index contributed by atoms with van der Waals surface area (Å²) in [5.74, 6) is 0.880. The van der Waals surface area contributed by atoms with Gasteiger partial charge in [0.15, 0.2) is 0 Å². The maximum atomic E-state index is 5.62. The van der Waals surface area contributed by atoms with E-state index >= 15 is 0 Å². The maximum absolute atomic E-state index is 5.62. The van der Waals surface area contributed by atoms with Crippen LogP contribution in [0.1, 0.15) is 45.4 Å². The molecule has 1 nitrogen and oxygen atoms in total. The topological polar surface area (TPSA) is 12.5 Å². The molecule has 1 saturated heterocycles. The Morgan fingerprint density at radius 1 is 1.36 bits per heavy atom. The Balaban J connectivity index is 2.01. The number of rotatable bonds is 1. The van der Waals surface area contributed by atoms with Gasteiger partial charge >= 0.3 is 0 Å². The van der Waals surface area contributed by atoms with E-state index in [1.165, 1.54) is 38.5 Å². The van der Waals surface area contributed by atoms with Crippen LogP contribution in [0.2, 0.25) is 0 Å². The molecule has 1 saturated carbocycles. The summed E-state index contributed by atoms with van der Waals surface area (Å²) in [7, 11) is 0. The van der Waals surface area contributed by atoms with Gasteiger partial charge in [0.2, 0.25) is 0 Å². The van der Waals surface area contributed by atoms with Gasteiger partial charge < -0.3 is 4.74 Å². The predicted molar refractivity (Wildman–Crippen MR) is 45.5 cm³/mol. The van der Waals surface area contributed by atoms with E-state index in [1.807, 2.05) is 0 Å². The van der Waals surface area contributed by atoms with Gasteiger partial charge in [0, 0.05) is 0 Å². The summed E-state index contributed by atoms with van der Waals surface area (Å²) in [6, 6.07) is 0. The van der Waals surface area contributed by atoms with Crippen molar-refractivity contribution in [1.82, 2.24) is 0 Å². The summed E-state index contributed by atoms with van der Waals surface area (Å²) in [5, 5.41) is 0. The fraction of sp³-hybridized carbons (Fsp3) is 1.00. The van der Waals surface area contributed by atoms with Crippen molar-refractivity contribution >= 4 is 0 Å². The predicted octanol–water partition coefficient (Wildman–Crippen LogP) is 2.75. The first-order chi connectivity index (χ1) is 5.37. The Kier molecular flexibility index (Phi) is 1.92. The molecule has 0 radical (unpaired) electrons. The summed E-state index contributed by atoms with van der Waals surface area (Å²) in [6.07, 6.45) is 8.34. The lowest BCUT2D eigenvalue weighted by molar-refractivity contribution is 0.199. The van der Waals surface area contributed by atoms with Crippen LogP contribution in [0.15, 0.2) is 0 Å². The molecule has 2 rings (SSSR count). The van der Waals surface area contributed by atoms with E-state index in [9.17, 15) is 0 Å². The van der Waals surface area contributed by atoms with Crippen LogP contribution in [0.3, 0.4) is 0 Å². The Morgan fingerprint density at radius 2 is 2.18 bits per heavy atom. The highest BCUT2D eigenvalue weighted by Gasteiger charge is 2.50. The molecule has 64 valence electrons. The Hall–Kier alpha value is -0.0400. The SMILES string of the molecule is CCC1CCCCCC12CO2. The fourth-order valence-electron chi connectivity index (χ4n) is 2.51. The second-order valence-corrected chi connectivity index (χ2v) is 4.06. The Morgan fingerprint density at radius 3 is 2.82 bits per heavy atom. The van der Waals surface area contributed by atoms with E-state index in [0.29, 0.717) is 5.60 Å². The van der Waals surface area contributed by atoms with Crippen molar-refractivity contribution < 1.29 is 4.74 Å². The van der Waals surface area contributed by atoms with Gasteiger partial charge in [-0.3, -0.25) is 0 Å². The molecule has 2 atom stereocenters. The molecule has 1 aliphatic carbocycles. The average Bonchev–Trinajstić information content (AvgIpc) is 2.80. The highest BCUT2D eigenvalue weighted by Crippen LogP contribution is 2.46. The van der Waals surface area contributed by atoms with Crippen LogP contribution in [0.25, 0.3) is 0 Å². The van der Waals surface area contributed by atoms with Crippen molar-refractivity contribution in [3.05, 3.63) is 0 Å². The molecule has 1 heteroatoms. The molecule has 0 amide bonds. The second kappa shape index (κ2) is 2.78. The van der Waals surface area contributed by atoms with Gasteiger partial charge in [0.05, 0.1) is 12.2 Å². The molecule has 1 spiro atoms. The van der Waals surface area contributed by atoms with Crippen molar-refractivity contribution in [2.75, 3.05) is 6.61 Å². The third kappa shape index (κ3) is 1.31. The largest absolute Gasteiger partial charge is 0.369 e. The molecule has 0 aromatic rings. The third-order valence-corrected chi connectivity index (χ3v) is 3.40. The van der Waals surface area contributed by atoms with Crippen LogP contribution < -0.4 is 0 Å². The van der Waals surface area contributed by atoms with Gasteiger partial charge in [-0.2, -0.15) is 0 Å². The van der Waals surface area contributed by atoms with Crippen LogP contribution in [-0.4, -0.2) is 12.2 Å². The standard InChI is InChI=1S/C10H18O/c1-2-9-6-4-3-5-7-10(9)8-11-10/h9H,2-8H2,1H3. The van der Waals surface area contributed by atoms with Crippen molar-refractivity contribution in [2.24, 2.45) is 5.92 Å². The molecule has 2 aliphatic rings. The first kappa shape index (κ1) is 7.60. The van der Waals surface area contributed by atoms with Gasteiger partial charge in [0.25, 0.3) is 0 Å². The monoisotopic (exact) mass is 154 g/mol. The Labute approximate surface area is 69.1 Å². The van der Waals surface area contributed by atoms with E-state index in [-0.39, 0.29) is 0 Å². The van der Waals surface area contributed by atoms with Crippen molar-refractivity contribution in [3.8, 4) is 0 Å². The van der Waals surface area contributed by atoms with Crippen LogP contribution in [0.4, 0.5) is 0 Å². The molecule has 0 bridgehead atoms. The Bertz CT molecular complexity index is 138. The number of epoxide rings is 1. The van der Waals surface area contributed by atoms with E-state index in [1.54, 1.807) is 0 Å². The number of hydrogen-bond acceptors (Lipinski definition) is 1. The highest BCUT2D eigenvalue weighted by molar-refractivity contribution is 4.98. The zero-order chi connectivity index (χ0) is 7.73. The molecule has 0 aromatic heterocycles. The minimum atomic E-state index is 0.380. The maximum Gasteiger partial charge on any atom is 0.0944 e. The van der Waals surface area contributed by atoms with Gasteiger partial charge in [-0.25, -0.2) is 0 Å². The lowest BCUT2D eigenvalue weighted by atomic mass is 9.86. The first-order valence-corrected chi connectivity index (χ1v) is 5.01. The second-order valence-electron chi connectivity index (χ2n) is 4.06. The summed E-state index contributed by atoms with van der Waals surface area (Å²) in [5.41, 5.74) is 0.380. The van der Waals surface area contributed by atoms with E-state index in [0.717, 1.165) is 12.5 Å². The van der Waals surface area contributed by atoms with Gasteiger partial charge in [0.1, 0.15) is 0 Å². The zero-order valence-electron chi connectivity index (χ0n) is 7.44. The fourth-order valence-corrected chi connectivity index (χ4v) is 2.51. The minimum Gasteiger partial charge on any atom is -0.369 e. The van der Waals surface area contributed by atoms with E-state index < -0.39 is 0 Å². The van der Waals surface area contributed by atoms with Gasteiger partial charge in [-0.05, 0) is 18.8 Å². The van der Waals surface area contributed by atoms with Crippen LogP contribution in [0, 0.1) is 5.92 Å². The first-order valence-electron chi connectivity index (χ1n) is 5.01. The lowest BCUT2D eigenvalue weighted by Gasteiger charge is -2.19. The molecular weight excluding hydrogens is 136 g/mol. The summed E-state index contributed by atoms with van der Waals surface area (Å²) in [4.78, 5) is 0. The number of ether oxygens (including phenoxy) is 1. The van der Waals surface area contributed by atoms with E-state index in [2.05, 4.69) is 6.92 Å². The van der Waals surface area contributed by atoms with Crippen LogP contribution >= 0.6 is 0 Å².